The summed E-state index contributed by atoms with van der Waals surface area (Å²) in [4.78, 5) is 13.5. The van der Waals surface area contributed by atoms with Crippen LogP contribution in [0.4, 0.5) is 0 Å². The Hall–Kier alpha value is -1.31. The maximum Gasteiger partial charge on any atom is 0.210 e. The van der Waals surface area contributed by atoms with Gasteiger partial charge in [-0.2, -0.15) is 0 Å². The number of rotatable bonds is 5. The van der Waals surface area contributed by atoms with Gasteiger partial charge in [0.2, 0.25) is 6.41 Å². The molecular formula is C17H27NO. The molecule has 0 fully saturated rings. The zero-order valence-electron chi connectivity index (χ0n) is 13.1. The summed E-state index contributed by atoms with van der Waals surface area (Å²) >= 11 is 0. The molecule has 0 heterocycles. The quantitative estimate of drug-likeness (QED) is 0.733. The Morgan fingerprint density at radius 3 is 2.21 bits per heavy atom. The lowest BCUT2D eigenvalue weighted by Gasteiger charge is -2.41. The molecule has 1 rings (SSSR count). The average molecular weight is 261 g/mol. The van der Waals surface area contributed by atoms with Crippen LogP contribution in [0.2, 0.25) is 0 Å². The molecule has 2 nitrogen and oxygen atoms in total. The summed E-state index contributed by atoms with van der Waals surface area (Å²) in [5.41, 5.74) is 2.55. The lowest BCUT2D eigenvalue weighted by atomic mass is 9.79. The van der Waals surface area contributed by atoms with Gasteiger partial charge in [-0.25, -0.2) is 0 Å². The van der Waals surface area contributed by atoms with Gasteiger partial charge in [-0.1, -0.05) is 58.9 Å². The van der Waals surface area contributed by atoms with E-state index in [0.717, 1.165) is 6.41 Å². The Balaban J connectivity index is 3.00. The van der Waals surface area contributed by atoms with Crippen LogP contribution in [0.25, 0.3) is 0 Å². The second kappa shape index (κ2) is 6.23. The number of carbonyl (C=O) groups is 1. The smallest absolute Gasteiger partial charge is 0.210 e. The van der Waals surface area contributed by atoms with Crippen LogP contribution in [0.5, 0.6) is 0 Å². The molecule has 0 saturated heterocycles. The molecule has 106 valence electrons. The highest BCUT2D eigenvalue weighted by molar-refractivity contribution is 5.49. The first-order valence-corrected chi connectivity index (χ1v) is 7.03. The highest BCUT2D eigenvalue weighted by Gasteiger charge is 2.32. The third-order valence-corrected chi connectivity index (χ3v) is 3.63. The van der Waals surface area contributed by atoms with Gasteiger partial charge in [0.15, 0.2) is 0 Å². The van der Waals surface area contributed by atoms with Crippen molar-refractivity contribution in [1.29, 1.82) is 0 Å². The summed E-state index contributed by atoms with van der Waals surface area (Å²) in [5, 5.41) is 0. The van der Waals surface area contributed by atoms with E-state index in [9.17, 15) is 4.79 Å². The van der Waals surface area contributed by atoms with E-state index in [0.29, 0.717) is 12.5 Å². The minimum atomic E-state index is 0.0811. The van der Waals surface area contributed by atoms with E-state index >= 15 is 0 Å². The maximum absolute atomic E-state index is 11.5. The van der Waals surface area contributed by atoms with E-state index in [1.165, 1.54) is 11.1 Å². The minimum Gasteiger partial charge on any atom is -0.337 e. The molecule has 1 aromatic carbocycles. The number of hydrogen-bond donors (Lipinski definition) is 0. The van der Waals surface area contributed by atoms with Gasteiger partial charge >= 0.3 is 0 Å². The molecule has 0 N–H and O–H groups in total. The summed E-state index contributed by atoms with van der Waals surface area (Å²) in [5.74, 6) is 0.439. The van der Waals surface area contributed by atoms with Crippen LogP contribution in [0.1, 0.15) is 45.7 Å². The molecule has 19 heavy (non-hydrogen) atoms. The molecular weight excluding hydrogens is 234 g/mol. The van der Waals surface area contributed by atoms with Crippen molar-refractivity contribution in [2.75, 3.05) is 0 Å². The average Bonchev–Trinajstić information content (AvgIpc) is 2.28. The normalized spacial score (nSPS) is 13.4. The van der Waals surface area contributed by atoms with Crippen LogP contribution in [0.15, 0.2) is 24.3 Å². The van der Waals surface area contributed by atoms with Crippen molar-refractivity contribution in [2.24, 2.45) is 11.3 Å². The van der Waals surface area contributed by atoms with Crippen LogP contribution in [0.3, 0.4) is 0 Å². The number of carbonyl (C=O) groups excluding carboxylic acids is 1. The Bertz CT molecular complexity index is 418. The Morgan fingerprint density at radius 1 is 1.21 bits per heavy atom. The van der Waals surface area contributed by atoms with Crippen molar-refractivity contribution in [3.8, 4) is 0 Å². The van der Waals surface area contributed by atoms with Crippen molar-refractivity contribution in [3.05, 3.63) is 35.4 Å². The molecule has 0 saturated carbocycles. The van der Waals surface area contributed by atoms with Gasteiger partial charge in [0, 0.05) is 12.6 Å². The molecule has 0 spiro atoms. The molecule has 2 heteroatoms. The number of benzene rings is 1. The van der Waals surface area contributed by atoms with Crippen molar-refractivity contribution in [1.82, 2.24) is 4.90 Å². The van der Waals surface area contributed by atoms with Crippen LogP contribution >= 0.6 is 0 Å². The highest BCUT2D eigenvalue weighted by Crippen LogP contribution is 2.30. The van der Waals surface area contributed by atoms with Gasteiger partial charge < -0.3 is 4.90 Å². The topological polar surface area (TPSA) is 20.3 Å². The van der Waals surface area contributed by atoms with Crippen molar-refractivity contribution in [3.63, 3.8) is 0 Å². The Morgan fingerprint density at radius 2 is 1.79 bits per heavy atom. The van der Waals surface area contributed by atoms with Crippen LogP contribution in [-0.2, 0) is 11.3 Å². The molecule has 0 aromatic heterocycles. The van der Waals surface area contributed by atoms with Gasteiger partial charge in [0.1, 0.15) is 0 Å². The summed E-state index contributed by atoms with van der Waals surface area (Å²) < 4.78 is 0. The largest absolute Gasteiger partial charge is 0.337 e. The Labute approximate surface area is 117 Å². The molecule has 1 unspecified atom stereocenters. The maximum atomic E-state index is 11.5. The number of amides is 1. The molecule has 1 aromatic rings. The fourth-order valence-electron chi connectivity index (χ4n) is 3.07. The molecule has 1 atom stereocenters. The summed E-state index contributed by atoms with van der Waals surface area (Å²) in [6, 6.07) is 8.51. The van der Waals surface area contributed by atoms with Crippen molar-refractivity contribution in [2.45, 2.75) is 54.1 Å². The first kappa shape index (κ1) is 15.7. The van der Waals surface area contributed by atoms with Gasteiger partial charge in [-0.15, -0.1) is 0 Å². The SMILES string of the molecule is Cc1ccccc1CN(C=O)C(C(C)C)C(C)(C)C. The van der Waals surface area contributed by atoms with E-state index in [1.807, 2.05) is 17.0 Å². The number of aryl methyl sites for hydroxylation is 1. The standard InChI is InChI=1S/C17H27NO/c1-13(2)16(17(4,5)6)18(12-19)11-15-10-8-7-9-14(15)3/h7-10,12-13,16H,11H2,1-6H3. The molecule has 0 aliphatic heterocycles. The number of hydrogen-bond acceptors (Lipinski definition) is 1. The molecule has 0 aliphatic rings. The second-order valence-electron chi connectivity index (χ2n) is 6.76. The van der Waals surface area contributed by atoms with Gasteiger partial charge in [0.25, 0.3) is 0 Å². The summed E-state index contributed by atoms with van der Waals surface area (Å²) in [6.07, 6.45) is 1.00. The molecule has 0 bridgehead atoms. The lowest BCUT2D eigenvalue weighted by molar-refractivity contribution is -0.124. The Kier molecular flexibility index (Phi) is 5.16. The second-order valence-corrected chi connectivity index (χ2v) is 6.76. The van der Waals surface area contributed by atoms with E-state index in [1.54, 1.807) is 0 Å². The van der Waals surface area contributed by atoms with E-state index in [2.05, 4.69) is 53.7 Å². The van der Waals surface area contributed by atoms with Crippen LogP contribution in [-0.4, -0.2) is 17.4 Å². The van der Waals surface area contributed by atoms with E-state index in [4.69, 9.17) is 0 Å². The third-order valence-electron chi connectivity index (χ3n) is 3.63. The predicted octanol–water partition coefficient (Wildman–Crippen LogP) is 4.02. The fraction of sp³-hybridized carbons (Fsp3) is 0.588. The van der Waals surface area contributed by atoms with Gasteiger partial charge in [-0.3, -0.25) is 4.79 Å². The zero-order chi connectivity index (χ0) is 14.6. The first-order chi connectivity index (χ1) is 8.77. The van der Waals surface area contributed by atoms with E-state index in [-0.39, 0.29) is 11.5 Å². The fourth-order valence-corrected chi connectivity index (χ4v) is 3.07. The minimum absolute atomic E-state index is 0.0811. The van der Waals surface area contributed by atoms with Gasteiger partial charge in [-0.05, 0) is 29.4 Å². The third kappa shape index (κ3) is 4.09. The van der Waals surface area contributed by atoms with Gasteiger partial charge in [0.05, 0.1) is 0 Å². The zero-order valence-corrected chi connectivity index (χ0v) is 13.1. The molecule has 0 aliphatic carbocycles. The van der Waals surface area contributed by atoms with E-state index < -0.39 is 0 Å². The van der Waals surface area contributed by atoms with Crippen molar-refractivity contribution < 1.29 is 4.79 Å². The molecule has 0 radical (unpaired) electrons. The van der Waals surface area contributed by atoms with Crippen molar-refractivity contribution >= 4 is 6.41 Å². The summed E-state index contributed by atoms with van der Waals surface area (Å²) in [6.45, 7) is 13.8. The lowest BCUT2D eigenvalue weighted by Crippen LogP contribution is -2.46. The van der Waals surface area contributed by atoms with Crippen LogP contribution < -0.4 is 0 Å². The molecule has 1 amide bonds. The van der Waals surface area contributed by atoms with Crippen LogP contribution in [0, 0.1) is 18.3 Å². The predicted molar refractivity (Wildman–Crippen MR) is 80.9 cm³/mol. The number of nitrogens with zero attached hydrogens (tertiary/aromatic N) is 1. The monoisotopic (exact) mass is 261 g/mol. The highest BCUT2D eigenvalue weighted by atomic mass is 16.1. The first-order valence-electron chi connectivity index (χ1n) is 7.03. The summed E-state index contributed by atoms with van der Waals surface area (Å²) in [7, 11) is 0.